The van der Waals surface area contributed by atoms with Crippen molar-refractivity contribution >= 4 is 54.2 Å². The summed E-state index contributed by atoms with van der Waals surface area (Å²) < 4.78 is 41.1. The maximum absolute atomic E-state index is 13.3. The summed E-state index contributed by atoms with van der Waals surface area (Å²) in [4.78, 5) is 17.1. The summed E-state index contributed by atoms with van der Waals surface area (Å²) in [6, 6.07) is 10.2. The molecule has 29 heavy (non-hydrogen) atoms. The number of amides is 1. The zero-order chi connectivity index (χ0) is 20.6. The van der Waals surface area contributed by atoms with Crippen LogP contribution in [-0.4, -0.2) is 36.7 Å². The lowest BCUT2D eigenvalue weighted by molar-refractivity contribution is -0.120. The SMILES string of the molecule is O=C(Nc1nc2ccc(F)cc2s1)C1CCCN(S(=O)(=O)c2ccc(Cl)cc2)C1. The van der Waals surface area contributed by atoms with Crippen molar-refractivity contribution in [3.63, 3.8) is 0 Å². The first-order valence-corrected chi connectivity index (χ1v) is 11.6. The number of benzene rings is 2. The van der Waals surface area contributed by atoms with Crippen LogP contribution in [0.25, 0.3) is 10.2 Å². The summed E-state index contributed by atoms with van der Waals surface area (Å²) in [7, 11) is -3.70. The Morgan fingerprint density at radius 3 is 2.76 bits per heavy atom. The quantitative estimate of drug-likeness (QED) is 0.644. The molecular formula is C19H17ClFN3O3S2. The van der Waals surface area contributed by atoms with E-state index in [2.05, 4.69) is 10.3 Å². The molecule has 0 bridgehead atoms. The van der Waals surface area contributed by atoms with Gasteiger partial charge < -0.3 is 5.32 Å². The fourth-order valence-electron chi connectivity index (χ4n) is 3.29. The Kier molecular flexibility index (Phi) is 5.56. The van der Waals surface area contributed by atoms with Crippen molar-refractivity contribution < 1.29 is 17.6 Å². The Morgan fingerprint density at radius 2 is 2.00 bits per heavy atom. The number of carbonyl (C=O) groups excluding carboxylic acids is 1. The number of halogens is 2. The van der Waals surface area contributed by atoms with Gasteiger partial charge in [-0.25, -0.2) is 17.8 Å². The lowest BCUT2D eigenvalue weighted by Crippen LogP contribution is -2.43. The molecule has 1 aliphatic heterocycles. The minimum absolute atomic E-state index is 0.0936. The highest BCUT2D eigenvalue weighted by Gasteiger charge is 2.33. The van der Waals surface area contributed by atoms with E-state index in [1.165, 1.54) is 52.0 Å². The molecule has 1 N–H and O–H groups in total. The van der Waals surface area contributed by atoms with Gasteiger partial charge in [-0.2, -0.15) is 4.31 Å². The Balaban J connectivity index is 1.48. The largest absolute Gasteiger partial charge is 0.302 e. The number of aromatic nitrogens is 1. The smallest absolute Gasteiger partial charge is 0.243 e. The van der Waals surface area contributed by atoms with E-state index >= 15 is 0 Å². The van der Waals surface area contributed by atoms with Gasteiger partial charge in [0, 0.05) is 18.1 Å². The van der Waals surface area contributed by atoms with Crippen LogP contribution < -0.4 is 5.32 Å². The van der Waals surface area contributed by atoms with Crippen LogP contribution in [0, 0.1) is 11.7 Å². The Hall–Kier alpha value is -2.07. The van der Waals surface area contributed by atoms with Crippen LogP contribution in [0.1, 0.15) is 12.8 Å². The number of anilines is 1. The molecule has 0 radical (unpaired) electrons. The van der Waals surface area contributed by atoms with Crippen molar-refractivity contribution in [2.24, 2.45) is 5.92 Å². The number of hydrogen-bond donors (Lipinski definition) is 1. The number of nitrogens with zero attached hydrogens (tertiary/aromatic N) is 2. The normalized spacial score (nSPS) is 18.1. The highest BCUT2D eigenvalue weighted by molar-refractivity contribution is 7.89. The standard InChI is InChI=1S/C19H17ClFN3O3S2/c20-13-3-6-15(7-4-13)29(26,27)24-9-1-2-12(11-24)18(25)23-19-22-16-8-5-14(21)10-17(16)28-19/h3-8,10,12H,1-2,9,11H2,(H,22,23,25). The van der Waals surface area contributed by atoms with Gasteiger partial charge in [-0.3, -0.25) is 4.79 Å². The number of sulfonamides is 1. The topological polar surface area (TPSA) is 79.4 Å². The number of nitrogens with one attached hydrogen (secondary N) is 1. The van der Waals surface area contributed by atoms with Crippen LogP contribution >= 0.6 is 22.9 Å². The summed E-state index contributed by atoms with van der Waals surface area (Å²) in [6.07, 6.45) is 1.16. The molecule has 1 amide bonds. The maximum Gasteiger partial charge on any atom is 0.243 e. The monoisotopic (exact) mass is 453 g/mol. The number of fused-ring (bicyclic) bond motifs is 1. The van der Waals surface area contributed by atoms with Gasteiger partial charge in [-0.1, -0.05) is 22.9 Å². The van der Waals surface area contributed by atoms with E-state index in [0.717, 1.165) is 0 Å². The van der Waals surface area contributed by atoms with Crippen molar-refractivity contribution in [1.29, 1.82) is 0 Å². The molecule has 1 atom stereocenters. The minimum Gasteiger partial charge on any atom is -0.302 e. The third kappa shape index (κ3) is 4.28. The molecule has 6 nitrogen and oxygen atoms in total. The van der Waals surface area contributed by atoms with E-state index in [9.17, 15) is 17.6 Å². The predicted molar refractivity (Wildman–Crippen MR) is 111 cm³/mol. The van der Waals surface area contributed by atoms with Crippen LogP contribution in [0.15, 0.2) is 47.4 Å². The number of rotatable bonds is 4. The lowest BCUT2D eigenvalue weighted by atomic mass is 9.99. The highest BCUT2D eigenvalue weighted by Crippen LogP contribution is 2.29. The molecule has 1 aromatic heterocycles. The van der Waals surface area contributed by atoms with Crippen molar-refractivity contribution in [1.82, 2.24) is 9.29 Å². The molecule has 3 aromatic rings. The van der Waals surface area contributed by atoms with Gasteiger partial charge in [0.2, 0.25) is 15.9 Å². The van der Waals surface area contributed by atoms with E-state index < -0.39 is 15.9 Å². The fraction of sp³-hybridized carbons (Fsp3) is 0.263. The molecule has 152 valence electrons. The Labute approximate surface area is 176 Å². The molecule has 2 aromatic carbocycles. The number of hydrogen-bond acceptors (Lipinski definition) is 5. The van der Waals surface area contributed by atoms with Gasteiger partial charge >= 0.3 is 0 Å². The van der Waals surface area contributed by atoms with E-state index in [4.69, 9.17) is 11.6 Å². The average molecular weight is 454 g/mol. The summed E-state index contributed by atoms with van der Waals surface area (Å²) in [6.45, 7) is 0.450. The average Bonchev–Trinajstić information content (AvgIpc) is 3.09. The Bertz CT molecular complexity index is 1170. The molecule has 10 heteroatoms. The van der Waals surface area contributed by atoms with Crippen molar-refractivity contribution in [3.8, 4) is 0 Å². The molecule has 1 unspecified atom stereocenters. The lowest BCUT2D eigenvalue weighted by Gasteiger charge is -2.31. The first-order chi connectivity index (χ1) is 13.8. The van der Waals surface area contributed by atoms with E-state index in [-0.39, 0.29) is 23.2 Å². The van der Waals surface area contributed by atoms with Gasteiger partial charge in [-0.15, -0.1) is 0 Å². The van der Waals surface area contributed by atoms with Gasteiger partial charge in [0.25, 0.3) is 0 Å². The molecule has 0 aliphatic carbocycles. The molecule has 0 spiro atoms. The second-order valence-corrected chi connectivity index (χ2v) is 10.2. The van der Waals surface area contributed by atoms with Gasteiger partial charge in [-0.05, 0) is 55.3 Å². The Morgan fingerprint density at radius 1 is 1.24 bits per heavy atom. The van der Waals surface area contributed by atoms with Crippen LogP contribution in [0.5, 0.6) is 0 Å². The number of carbonyl (C=O) groups is 1. The molecule has 2 heterocycles. The molecule has 4 rings (SSSR count). The van der Waals surface area contributed by atoms with Gasteiger partial charge in [0.1, 0.15) is 5.82 Å². The van der Waals surface area contributed by atoms with Gasteiger partial charge in [0.05, 0.1) is 21.0 Å². The van der Waals surface area contributed by atoms with E-state index in [1.54, 1.807) is 6.07 Å². The zero-order valence-electron chi connectivity index (χ0n) is 15.1. The summed E-state index contributed by atoms with van der Waals surface area (Å²) in [5, 5.41) is 3.57. The molecule has 0 saturated carbocycles. The predicted octanol–water partition coefficient (Wildman–Crippen LogP) is 4.13. The van der Waals surface area contributed by atoms with Crippen LogP contribution in [0.3, 0.4) is 0 Å². The molecule has 1 aliphatic rings. The van der Waals surface area contributed by atoms with Crippen LogP contribution in [0.2, 0.25) is 5.02 Å². The van der Waals surface area contributed by atoms with Crippen molar-refractivity contribution in [2.75, 3.05) is 18.4 Å². The highest BCUT2D eigenvalue weighted by atomic mass is 35.5. The number of piperidine rings is 1. The third-order valence-electron chi connectivity index (χ3n) is 4.79. The van der Waals surface area contributed by atoms with Crippen molar-refractivity contribution in [2.45, 2.75) is 17.7 Å². The minimum atomic E-state index is -3.70. The third-order valence-corrected chi connectivity index (χ3v) is 7.85. The van der Waals surface area contributed by atoms with E-state index in [0.29, 0.717) is 39.8 Å². The fourth-order valence-corrected chi connectivity index (χ4v) is 5.83. The van der Waals surface area contributed by atoms with Crippen LogP contribution in [-0.2, 0) is 14.8 Å². The van der Waals surface area contributed by atoms with Gasteiger partial charge in [0.15, 0.2) is 5.13 Å². The van der Waals surface area contributed by atoms with Crippen molar-refractivity contribution in [3.05, 3.63) is 53.3 Å². The summed E-state index contributed by atoms with van der Waals surface area (Å²) in [5.41, 5.74) is 0.599. The maximum atomic E-state index is 13.3. The summed E-state index contributed by atoms with van der Waals surface area (Å²) >= 11 is 7.02. The molecule has 1 fully saturated rings. The van der Waals surface area contributed by atoms with E-state index in [1.807, 2.05) is 0 Å². The number of thiazole rings is 1. The first kappa shape index (κ1) is 20.2. The molecule has 1 saturated heterocycles. The summed E-state index contributed by atoms with van der Waals surface area (Å²) in [5.74, 6) is -1.15. The van der Waals surface area contributed by atoms with Crippen LogP contribution in [0.4, 0.5) is 9.52 Å². The second-order valence-electron chi connectivity index (χ2n) is 6.78. The molecular weight excluding hydrogens is 437 g/mol. The zero-order valence-corrected chi connectivity index (χ0v) is 17.5. The second kappa shape index (κ2) is 7.98. The first-order valence-electron chi connectivity index (χ1n) is 8.95.